The minimum atomic E-state index is -0.605. The molecule has 0 amide bonds. The minimum Gasteiger partial charge on any atom is -0.507 e. The summed E-state index contributed by atoms with van der Waals surface area (Å²) in [4.78, 5) is 4.32. The Balaban J connectivity index is 2.40. The van der Waals surface area contributed by atoms with Crippen molar-refractivity contribution in [2.24, 2.45) is 0 Å². The summed E-state index contributed by atoms with van der Waals surface area (Å²) in [5.74, 6) is -0.177. The van der Waals surface area contributed by atoms with Crippen LogP contribution in [0.3, 0.4) is 0 Å². The number of aromatic nitrogens is 2. The molecule has 0 spiro atoms. The van der Waals surface area contributed by atoms with Crippen molar-refractivity contribution in [3.05, 3.63) is 29.8 Å². The first-order valence-electron chi connectivity index (χ1n) is 7.03. The number of phenols is 1. The Labute approximate surface area is 122 Å². The first kappa shape index (κ1) is 15.4. The molecule has 5 nitrogen and oxygen atoms in total. The van der Waals surface area contributed by atoms with Crippen molar-refractivity contribution in [1.29, 1.82) is 0 Å². The van der Waals surface area contributed by atoms with Gasteiger partial charge in [-0.25, -0.2) is 4.39 Å². The Morgan fingerprint density at radius 1 is 1.29 bits per heavy atom. The molecule has 1 aromatic heterocycles. The van der Waals surface area contributed by atoms with Crippen LogP contribution >= 0.6 is 0 Å². The van der Waals surface area contributed by atoms with Crippen LogP contribution in [0.5, 0.6) is 5.75 Å². The molecule has 0 unspecified atom stereocenters. The molecule has 1 N–H and O–H groups in total. The van der Waals surface area contributed by atoms with Gasteiger partial charge in [0.15, 0.2) is 0 Å². The molecule has 0 fully saturated rings. The lowest BCUT2D eigenvalue weighted by atomic mass is 9.96. The first-order valence-corrected chi connectivity index (χ1v) is 7.03. The predicted molar refractivity (Wildman–Crippen MR) is 75.2 cm³/mol. The molecule has 0 atom stereocenters. The standard InChI is InChI=1S/C15H19FN2O3/c1-4-15(5-2,20-6-3)14-17-13(21-18-14)11-8-7-10(16)9-12(11)19/h7-9,19H,4-6H2,1-3H3. The molecule has 0 aliphatic rings. The van der Waals surface area contributed by atoms with E-state index >= 15 is 0 Å². The molecule has 21 heavy (non-hydrogen) atoms. The third-order valence-corrected chi connectivity index (χ3v) is 3.59. The van der Waals surface area contributed by atoms with Crippen LogP contribution in [0.2, 0.25) is 0 Å². The second kappa shape index (κ2) is 6.22. The van der Waals surface area contributed by atoms with Gasteiger partial charge in [-0.15, -0.1) is 0 Å². The number of ether oxygens (including phenoxy) is 1. The summed E-state index contributed by atoms with van der Waals surface area (Å²) in [6, 6.07) is 3.64. The van der Waals surface area contributed by atoms with Gasteiger partial charge in [-0.2, -0.15) is 4.98 Å². The molecule has 6 heteroatoms. The average Bonchev–Trinajstić information content (AvgIpc) is 2.95. The summed E-state index contributed by atoms with van der Waals surface area (Å²) in [5.41, 5.74) is -0.306. The third-order valence-electron chi connectivity index (χ3n) is 3.59. The number of nitrogens with zero attached hydrogens (tertiary/aromatic N) is 2. The molecular weight excluding hydrogens is 275 g/mol. The van der Waals surface area contributed by atoms with Crippen molar-refractivity contribution in [3.8, 4) is 17.2 Å². The highest BCUT2D eigenvalue weighted by Gasteiger charge is 2.34. The molecule has 0 aliphatic heterocycles. The summed E-state index contributed by atoms with van der Waals surface area (Å²) >= 11 is 0. The lowest BCUT2D eigenvalue weighted by Crippen LogP contribution is -2.29. The molecule has 1 heterocycles. The molecule has 0 saturated carbocycles. The number of phenolic OH excluding ortho intramolecular Hbond substituents is 1. The lowest BCUT2D eigenvalue weighted by molar-refractivity contribution is -0.0583. The number of halogens is 1. The summed E-state index contributed by atoms with van der Waals surface area (Å²) in [7, 11) is 0. The smallest absolute Gasteiger partial charge is 0.261 e. The van der Waals surface area contributed by atoms with Crippen molar-refractivity contribution in [1.82, 2.24) is 10.1 Å². The summed E-state index contributed by atoms with van der Waals surface area (Å²) in [6.07, 6.45) is 1.40. The fraction of sp³-hybridized carbons (Fsp3) is 0.467. The number of hydrogen-bond acceptors (Lipinski definition) is 5. The molecule has 1 aromatic carbocycles. The van der Waals surface area contributed by atoms with Gasteiger partial charge in [0, 0.05) is 12.7 Å². The van der Waals surface area contributed by atoms with E-state index in [0.29, 0.717) is 30.8 Å². The topological polar surface area (TPSA) is 68.4 Å². The summed E-state index contributed by atoms with van der Waals surface area (Å²) in [5, 5.41) is 13.7. The minimum absolute atomic E-state index is 0.147. The van der Waals surface area contributed by atoms with Gasteiger partial charge in [0.2, 0.25) is 5.82 Å². The Morgan fingerprint density at radius 3 is 2.57 bits per heavy atom. The van der Waals surface area contributed by atoms with E-state index in [0.717, 1.165) is 6.07 Å². The van der Waals surface area contributed by atoms with Gasteiger partial charge in [-0.1, -0.05) is 19.0 Å². The Kier molecular flexibility index (Phi) is 4.57. The van der Waals surface area contributed by atoms with Crippen LogP contribution in [-0.2, 0) is 10.3 Å². The molecule has 2 rings (SSSR count). The highest BCUT2D eigenvalue weighted by molar-refractivity contribution is 5.61. The van der Waals surface area contributed by atoms with E-state index in [9.17, 15) is 9.50 Å². The lowest BCUT2D eigenvalue weighted by Gasteiger charge is -2.27. The van der Waals surface area contributed by atoms with Crippen molar-refractivity contribution >= 4 is 0 Å². The monoisotopic (exact) mass is 294 g/mol. The zero-order valence-corrected chi connectivity index (χ0v) is 12.4. The van der Waals surface area contributed by atoms with Crippen molar-refractivity contribution < 1.29 is 18.8 Å². The van der Waals surface area contributed by atoms with E-state index in [2.05, 4.69) is 10.1 Å². The van der Waals surface area contributed by atoms with Crippen LogP contribution in [0.1, 0.15) is 39.4 Å². The van der Waals surface area contributed by atoms with E-state index in [4.69, 9.17) is 9.26 Å². The second-order valence-corrected chi connectivity index (χ2v) is 4.72. The normalized spacial score (nSPS) is 11.8. The van der Waals surface area contributed by atoms with Crippen LogP contribution in [0.25, 0.3) is 11.5 Å². The zero-order chi connectivity index (χ0) is 15.5. The van der Waals surface area contributed by atoms with Gasteiger partial charge in [0.25, 0.3) is 5.89 Å². The van der Waals surface area contributed by atoms with Crippen LogP contribution < -0.4 is 0 Å². The highest BCUT2D eigenvalue weighted by Crippen LogP contribution is 2.34. The summed E-state index contributed by atoms with van der Waals surface area (Å²) < 4.78 is 24.0. The molecule has 2 aromatic rings. The molecular formula is C15H19FN2O3. The average molecular weight is 294 g/mol. The Morgan fingerprint density at radius 2 is 2.00 bits per heavy atom. The highest BCUT2D eigenvalue weighted by atomic mass is 19.1. The van der Waals surface area contributed by atoms with Crippen LogP contribution in [0.15, 0.2) is 22.7 Å². The second-order valence-electron chi connectivity index (χ2n) is 4.72. The fourth-order valence-corrected chi connectivity index (χ4v) is 2.31. The van der Waals surface area contributed by atoms with E-state index in [1.807, 2.05) is 20.8 Å². The van der Waals surface area contributed by atoms with Crippen LogP contribution in [0, 0.1) is 5.82 Å². The summed E-state index contributed by atoms with van der Waals surface area (Å²) in [6.45, 7) is 6.43. The molecule has 0 saturated heterocycles. The van der Waals surface area contributed by atoms with E-state index < -0.39 is 11.4 Å². The molecule has 114 valence electrons. The van der Waals surface area contributed by atoms with E-state index in [-0.39, 0.29) is 11.6 Å². The number of rotatable bonds is 6. The Hall–Kier alpha value is -1.95. The van der Waals surface area contributed by atoms with Crippen LogP contribution in [-0.4, -0.2) is 21.9 Å². The zero-order valence-electron chi connectivity index (χ0n) is 12.4. The third kappa shape index (κ3) is 2.90. The van der Waals surface area contributed by atoms with Gasteiger partial charge in [0.1, 0.15) is 17.2 Å². The quantitative estimate of drug-likeness (QED) is 0.881. The number of benzene rings is 1. The maximum Gasteiger partial charge on any atom is 0.261 e. The SMILES string of the molecule is CCOC(CC)(CC)c1noc(-c2ccc(F)cc2O)n1. The molecule has 0 aliphatic carbocycles. The van der Waals surface area contributed by atoms with Crippen molar-refractivity contribution in [2.45, 2.75) is 39.2 Å². The van der Waals surface area contributed by atoms with Gasteiger partial charge in [0.05, 0.1) is 5.56 Å². The Bertz CT molecular complexity index is 609. The van der Waals surface area contributed by atoms with Crippen LogP contribution in [0.4, 0.5) is 4.39 Å². The van der Waals surface area contributed by atoms with Gasteiger partial charge < -0.3 is 14.4 Å². The number of aromatic hydroxyl groups is 1. The molecule has 0 radical (unpaired) electrons. The first-order chi connectivity index (χ1) is 10.1. The molecule has 0 bridgehead atoms. The van der Waals surface area contributed by atoms with Gasteiger partial charge >= 0.3 is 0 Å². The number of hydrogen-bond donors (Lipinski definition) is 1. The van der Waals surface area contributed by atoms with Crippen molar-refractivity contribution in [3.63, 3.8) is 0 Å². The maximum absolute atomic E-state index is 13.0. The van der Waals surface area contributed by atoms with E-state index in [1.165, 1.54) is 12.1 Å². The van der Waals surface area contributed by atoms with Gasteiger partial charge in [-0.3, -0.25) is 0 Å². The fourth-order valence-electron chi connectivity index (χ4n) is 2.31. The van der Waals surface area contributed by atoms with Gasteiger partial charge in [-0.05, 0) is 31.9 Å². The largest absolute Gasteiger partial charge is 0.507 e. The van der Waals surface area contributed by atoms with Crippen molar-refractivity contribution in [2.75, 3.05) is 6.61 Å². The maximum atomic E-state index is 13.0. The predicted octanol–water partition coefficient (Wildman–Crippen LogP) is 3.63. The van der Waals surface area contributed by atoms with E-state index in [1.54, 1.807) is 0 Å².